The van der Waals surface area contributed by atoms with E-state index in [1.54, 1.807) is 26.4 Å². The molecule has 7 heteroatoms. The number of benzene rings is 4. The number of hydrogen-bond donors (Lipinski definition) is 2. The van der Waals surface area contributed by atoms with Gasteiger partial charge in [-0.25, -0.2) is 4.39 Å². The summed E-state index contributed by atoms with van der Waals surface area (Å²) < 4.78 is 25.4. The van der Waals surface area contributed by atoms with E-state index in [9.17, 15) is 4.39 Å². The Morgan fingerprint density at radius 2 is 1.78 bits per heavy atom. The van der Waals surface area contributed by atoms with Gasteiger partial charge in [0.1, 0.15) is 11.6 Å². The molecule has 0 saturated carbocycles. The Labute approximate surface area is 194 Å². The lowest BCUT2D eigenvalue weighted by atomic mass is 10.0. The molecule has 0 bridgehead atoms. The highest BCUT2D eigenvalue weighted by Gasteiger charge is 2.26. The molecule has 2 N–H and O–H groups in total. The number of fused-ring (bicyclic) bond motifs is 4. The fourth-order valence-electron chi connectivity index (χ4n) is 3.93. The molecule has 0 radical (unpaired) electrons. The summed E-state index contributed by atoms with van der Waals surface area (Å²) in [6, 6.07) is 16.5. The van der Waals surface area contributed by atoms with Crippen molar-refractivity contribution in [1.29, 1.82) is 0 Å². The number of hydrogen-bond acceptors (Lipinski definition) is 5. The lowest BCUT2D eigenvalue weighted by molar-refractivity contribution is 0.415. The maximum Gasteiger partial charge on any atom is 0.151 e. The zero-order valence-electron chi connectivity index (χ0n) is 17.7. The van der Waals surface area contributed by atoms with Crippen molar-refractivity contribution in [2.45, 2.75) is 16.7 Å². The van der Waals surface area contributed by atoms with E-state index in [0.717, 1.165) is 48.9 Å². The predicted octanol–water partition coefficient (Wildman–Crippen LogP) is 7.91. The average molecular weight is 467 g/mol. The van der Waals surface area contributed by atoms with Gasteiger partial charge in [0, 0.05) is 26.8 Å². The molecule has 4 aromatic carbocycles. The zero-order chi connectivity index (χ0) is 22.4. The molecule has 4 aromatic rings. The molecule has 0 atom stereocenters. The molecule has 1 aliphatic rings. The number of rotatable bonds is 4. The maximum atomic E-state index is 14.0. The minimum Gasteiger partial charge on any atom is -0.495 e. The average Bonchev–Trinajstić information content (AvgIpc) is 2.80. The summed E-state index contributed by atoms with van der Waals surface area (Å²) in [6.45, 7) is 1.94. The molecule has 1 heterocycles. The number of methoxy groups -OCH3 is 2. The Bertz CT molecular complexity index is 1380. The fourth-order valence-corrected chi connectivity index (χ4v) is 5.21. The van der Waals surface area contributed by atoms with Crippen LogP contribution in [0.25, 0.3) is 10.8 Å². The van der Waals surface area contributed by atoms with Crippen LogP contribution in [0.3, 0.4) is 0 Å². The first-order valence-electron chi connectivity index (χ1n) is 9.98. The van der Waals surface area contributed by atoms with Crippen LogP contribution in [0.2, 0.25) is 5.02 Å². The van der Waals surface area contributed by atoms with E-state index in [1.807, 2.05) is 31.2 Å². The molecular formula is C25H20ClFN2O2S. The summed E-state index contributed by atoms with van der Waals surface area (Å²) in [5.41, 5.74) is 4.26. The van der Waals surface area contributed by atoms with Crippen molar-refractivity contribution in [3.05, 3.63) is 71.0 Å². The molecule has 0 aromatic heterocycles. The minimum atomic E-state index is -0.279. The van der Waals surface area contributed by atoms with Crippen molar-refractivity contribution in [3.63, 3.8) is 0 Å². The fraction of sp³-hybridized carbons (Fsp3) is 0.120. The van der Waals surface area contributed by atoms with E-state index in [2.05, 4.69) is 16.7 Å². The van der Waals surface area contributed by atoms with E-state index < -0.39 is 0 Å². The first kappa shape index (κ1) is 20.8. The highest BCUT2D eigenvalue weighted by Crippen LogP contribution is 2.55. The van der Waals surface area contributed by atoms with E-state index in [-0.39, 0.29) is 5.82 Å². The van der Waals surface area contributed by atoms with Crippen LogP contribution in [-0.4, -0.2) is 14.2 Å². The lowest BCUT2D eigenvalue weighted by Crippen LogP contribution is -2.07. The number of halogens is 2. The maximum absolute atomic E-state index is 14.0. The van der Waals surface area contributed by atoms with Crippen LogP contribution in [0.4, 0.5) is 27.1 Å². The van der Waals surface area contributed by atoms with Gasteiger partial charge in [0.25, 0.3) is 0 Å². The van der Waals surface area contributed by atoms with E-state index in [4.69, 9.17) is 21.1 Å². The highest BCUT2D eigenvalue weighted by atomic mass is 35.5. The van der Waals surface area contributed by atoms with Crippen molar-refractivity contribution >= 4 is 56.9 Å². The second-order valence-corrected chi connectivity index (χ2v) is 8.91. The Hall–Kier alpha value is -3.09. The minimum absolute atomic E-state index is 0.279. The van der Waals surface area contributed by atoms with Crippen LogP contribution in [0.5, 0.6) is 11.5 Å². The van der Waals surface area contributed by atoms with Gasteiger partial charge in [0.2, 0.25) is 0 Å². The monoisotopic (exact) mass is 466 g/mol. The summed E-state index contributed by atoms with van der Waals surface area (Å²) in [7, 11) is 3.26. The van der Waals surface area contributed by atoms with Crippen molar-refractivity contribution in [2.24, 2.45) is 0 Å². The summed E-state index contributed by atoms with van der Waals surface area (Å²) >= 11 is 7.80. The van der Waals surface area contributed by atoms with Crippen LogP contribution < -0.4 is 20.1 Å². The second kappa shape index (κ2) is 8.11. The Morgan fingerprint density at radius 3 is 2.53 bits per heavy atom. The molecule has 162 valence electrons. The third-order valence-corrected chi connectivity index (χ3v) is 7.06. The molecule has 0 saturated heterocycles. The van der Waals surface area contributed by atoms with Gasteiger partial charge in [0.15, 0.2) is 5.75 Å². The third kappa shape index (κ3) is 3.40. The lowest BCUT2D eigenvalue weighted by Gasteiger charge is -2.27. The largest absolute Gasteiger partial charge is 0.495 e. The number of anilines is 4. The Morgan fingerprint density at radius 1 is 1.00 bits per heavy atom. The van der Waals surface area contributed by atoms with Gasteiger partial charge in [-0.2, -0.15) is 0 Å². The molecule has 1 aliphatic heterocycles. The molecule has 4 nitrogen and oxygen atoms in total. The van der Waals surface area contributed by atoms with Crippen molar-refractivity contribution in [2.75, 3.05) is 24.9 Å². The number of nitrogens with one attached hydrogen (secondary N) is 2. The van der Waals surface area contributed by atoms with Crippen molar-refractivity contribution in [3.8, 4) is 11.5 Å². The predicted molar refractivity (Wildman–Crippen MR) is 130 cm³/mol. The Balaban J connectivity index is 1.76. The Kier molecular flexibility index (Phi) is 5.27. The van der Waals surface area contributed by atoms with Crippen molar-refractivity contribution in [1.82, 2.24) is 0 Å². The first-order chi connectivity index (χ1) is 15.5. The molecule has 0 spiro atoms. The molecule has 0 fully saturated rings. The second-order valence-electron chi connectivity index (χ2n) is 7.45. The smallest absolute Gasteiger partial charge is 0.151 e. The van der Waals surface area contributed by atoms with Gasteiger partial charge >= 0.3 is 0 Å². The summed E-state index contributed by atoms with van der Waals surface area (Å²) in [4.78, 5) is 1.71. The molecule has 0 amide bonds. The molecule has 0 unspecified atom stereocenters. The standard InChI is InChI=1S/C25H20ClFN2O2S/c1-13-10-19(20(30-2)12-17(13)26)29-23-24(31-3)16-7-5-4-6-15(16)22-25(23)32-21-11-14(27)8-9-18(21)28-22/h4-12,28-29H,1-3H3. The topological polar surface area (TPSA) is 42.5 Å². The van der Waals surface area contributed by atoms with Gasteiger partial charge in [-0.1, -0.05) is 47.6 Å². The SMILES string of the molecule is COc1cc(Cl)c(C)cc1Nc1c2c(c3ccccc3c1OC)Nc1ccc(F)cc1S2. The van der Waals surface area contributed by atoms with Crippen LogP contribution in [0.15, 0.2) is 64.4 Å². The van der Waals surface area contributed by atoms with E-state index in [0.29, 0.717) is 16.5 Å². The summed E-state index contributed by atoms with van der Waals surface area (Å²) in [5.74, 6) is 1.03. The summed E-state index contributed by atoms with van der Waals surface area (Å²) in [6.07, 6.45) is 0. The van der Waals surface area contributed by atoms with E-state index in [1.165, 1.54) is 23.9 Å². The van der Waals surface area contributed by atoms with Crippen LogP contribution in [-0.2, 0) is 0 Å². The van der Waals surface area contributed by atoms with Gasteiger partial charge in [-0.15, -0.1) is 0 Å². The number of ether oxygens (including phenoxy) is 2. The number of aryl methyl sites for hydroxylation is 1. The van der Waals surface area contributed by atoms with Gasteiger partial charge < -0.3 is 20.1 Å². The van der Waals surface area contributed by atoms with Gasteiger partial charge in [0.05, 0.1) is 41.9 Å². The quantitative estimate of drug-likeness (QED) is 0.281. The third-order valence-electron chi connectivity index (χ3n) is 5.48. The molecule has 0 aliphatic carbocycles. The normalized spacial score (nSPS) is 12.0. The summed E-state index contributed by atoms with van der Waals surface area (Å²) in [5, 5.41) is 9.62. The van der Waals surface area contributed by atoms with Gasteiger partial charge in [-0.3, -0.25) is 0 Å². The van der Waals surface area contributed by atoms with Crippen molar-refractivity contribution < 1.29 is 13.9 Å². The van der Waals surface area contributed by atoms with Gasteiger partial charge in [-0.05, 0) is 36.8 Å². The molecule has 32 heavy (non-hydrogen) atoms. The molecular weight excluding hydrogens is 447 g/mol. The van der Waals surface area contributed by atoms with E-state index >= 15 is 0 Å². The zero-order valence-corrected chi connectivity index (χ0v) is 19.2. The molecule has 5 rings (SSSR count). The van der Waals surface area contributed by atoms with Crippen LogP contribution in [0.1, 0.15) is 5.56 Å². The highest BCUT2D eigenvalue weighted by molar-refractivity contribution is 8.00. The van der Waals surface area contributed by atoms with Crippen LogP contribution in [0, 0.1) is 12.7 Å². The first-order valence-corrected chi connectivity index (χ1v) is 11.2. The van der Waals surface area contributed by atoms with Crippen LogP contribution >= 0.6 is 23.4 Å².